The van der Waals surface area contributed by atoms with E-state index in [2.05, 4.69) is 55.1 Å². The maximum Gasteiger partial charge on any atom is 0.253 e. The number of pyridine rings is 1. The van der Waals surface area contributed by atoms with Crippen LogP contribution in [0.3, 0.4) is 0 Å². The molecule has 0 aromatic carbocycles. The third-order valence-corrected chi connectivity index (χ3v) is 6.59. The molecule has 1 amide bonds. The van der Waals surface area contributed by atoms with Crippen LogP contribution in [-0.4, -0.2) is 57.4 Å². The predicted octanol–water partition coefficient (Wildman–Crippen LogP) is 4.62. The van der Waals surface area contributed by atoms with Crippen molar-refractivity contribution in [1.29, 1.82) is 0 Å². The minimum absolute atomic E-state index is 0.105. The molecule has 0 aliphatic carbocycles. The summed E-state index contributed by atoms with van der Waals surface area (Å²) in [7, 11) is 0. The zero-order valence-electron chi connectivity index (χ0n) is 21.4. The van der Waals surface area contributed by atoms with Crippen LogP contribution in [-0.2, 0) is 10.3 Å². The number of carbonyl (C=O) groups excluding carboxylic acids is 1. The highest BCUT2D eigenvalue weighted by Crippen LogP contribution is 2.27. The smallest absolute Gasteiger partial charge is 0.253 e. The van der Waals surface area contributed by atoms with Gasteiger partial charge in [-0.1, -0.05) is 6.07 Å². The Morgan fingerprint density at radius 2 is 1.94 bits per heavy atom. The van der Waals surface area contributed by atoms with Crippen molar-refractivity contribution < 1.29 is 14.6 Å². The molecule has 1 aliphatic rings. The summed E-state index contributed by atoms with van der Waals surface area (Å²) in [6.07, 6.45) is 4.95. The van der Waals surface area contributed by atoms with Crippen LogP contribution in [0, 0.1) is 0 Å². The molecule has 3 aromatic heterocycles. The molecule has 9 nitrogen and oxygen atoms in total. The lowest BCUT2D eigenvalue weighted by Gasteiger charge is -2.36. The van der Waals surface area contributed by atoms with Crippen molar-refractivity contribution >= 4 is 28.2 Å². The average molecular weight is 511 g/mol. The van der Waals surface area contributed by atoms with E-state index >= 15 is 0 Å². The molecule has 2 atom stereocenters. The number of carbonyl (C=O) groups is 1. The van der Waals surface area contributed by atoms with Gasteiger partial charge in [0, 0.05) is 36.4 Å². The van der Waals surface area contributed by atoms with E-state index in [0.717, 1.165) is 36.6 Å². The van der Waals surface area contributed by atoms with Crippen LogP contribution in [0.4, 0.5) is 10.9 Å². The topological polar surface area (TPSA) is 105 Å². The second kappa shape index (κ2) is 10.7. The molecule has 4 rings (SSSR count). The van der Waals surface area contributed by atoms with E-state index in [0.29, 0.717) is 16.4 Å². The Hall–Kier alpha value is -3.37. The first-order valence-electron chi connectivity index (χ1n) is 12.0. The van der Waals surface area contributed by atoms with Crippen LogP contribution in [0.1, 0.15) is 45.0 Å². The summed E-state index contributed by atoms with van der Waals surface area (Å²) in [5, 5.41) is 18.1. The number of aliphatic hydroxyl groups excluding tert-OH is 1. The number of aromatic nitrogens is 3. The Kier molecular flexibility index (Phi) is 7.65. The summed E-state index contributed by atoms with van der Waals surface area (Å²) in [4.78, 5) is 24.2. The molecule has 0 unspecified atom stereocenters. The van der Waals surface area contributed by atoms with Crippen LogP contribution in [0.15, 0.2) is 54.0 Å². The molecule has 1 aliphatic heterocycles. The summed E-state index contributed by atoms with van der Waals surface area (Å²) in [6, 6.07) is 7.70. The Labute approximate surface area is 215 Å². The fourth-order valence-corrected chi connectivity index (χ4v) is 4.78. The zero-order chi connectivity index (χ0) is 25.9. The number of hydrogen-bond acceptors (Lipinski definition) is 8. The minimum Gasteiger partial charge on any atom is -0.514 e. The van der Waals surface area contributed by atoms with Gasteiger partial charge in [-0.2, -0.15) is 0 Å². The van der Waals surface area contributed by atoms with Crippen molar-refractivity contribution in [3.05, 3.63) is 59.6 Å². The third kappa shape index (κ3) is 6.24. The Bertz CT molecular complexity index is 1220. The van der Waals surface area contributed by atoms with E-state index in [1.54, 1.807) is 6.07 Å². The number of amides is 1. The molecule has 4 heterocycles. The van der Waals surface area contributed by atoms with Gasteiger partial charge in [0.05, 0.1) is 35.7 Å². The van der Waals surface area contributed by atoms with Crippen LogP contribution in [0.5, 0.6) is 0 Å². The van der Waals surface area contributed by atoms with Gasteiger partial charge < -0.3 is 29.9 Å². The van der Waals surface area contributed by atoms with Gasteiger partial charge in [-0.05, 0) is 52.8 Å². The summed E-state index contributed by atoms with van der Waals surface area (Å²) in [5.41, 5.74) is 2.40. The van der Waals surface area contributed by atoms with Gasteiger partial charge in [-0.3, -0.25) is 4.79 Å². The highest BCUT2D eigenvalue weighted by molar-refractivity contribution is 7.14. The molecule has 0 radical (unpaired) electrons. The first kappa shape index (κ1) is 25.7. The number of anilines is 2. The molecule has 0 bridgehead atoms. The van der Waals surface area contributed by atoms with Gasteiger partial charge >= 0.3 is 0 Å². The van der Waals surface area contributed by atoms with Crippen LogP contribution >= 0.6 is 11.3 Å². The molecule has 36 heavy (non-hydrogen) atoms. The highest BCUT2D eigenvalue weighted by atomic mass is 32.1. The molecule has 0 saturated carbocycles. The first-order valence-corrected chi connectivity index (χ1v) is 12.9. The predicted molar refractivity (Wildman–Crippen MR) is 144 cm³/mol. The first-order chi connectivity index (χ1) is 17.1. The zero-order valence-corrected chi connectivity index (χ0v) is 22.2. The summed E-state index contributed by atoms with van der Waals surface area (Å²) >= 11 is 1.40. The van der Waals surface area contributed by atoms with E-state index < -0.39 is 0 Å². The number of rotatable bonds is 7. The van der Waals surface area contributed by atoms with Crippen molar-refractivity contribution in [1.82, 2.24) is 19.9 Å². The highest BCUT2D eigenvalue weighted by Gasteiger charge is 2.23. The molecule has 3 N–H and O–H groups in total. The number of aliphatic hydroxyl groups is 1. The number of nitrogens with one attached hydrogen (secondary N) is 2. The van der Waals surface area contributed by atoms with Crippen LogP contribution in [0.2, 0.25) is 0 Å². The van der Waals surface area contributed by atoms with E-state index in [9.17, 15) is 9.90 Å². The third-order valence-electron chi connectivity index (χ3n) is 5.84. The lowest BCUT2D eigenvalue weighted by atomic mass is 10.1. The SMILES string of the molecule is C[C@@H]1CN(c2cccc(-c3csc(N/C(=C/O)CNC(=O)c4ccn(C(C)(C)C)c4)n3)n2)C[C@H](C)O1. The summed E-state index contributed by atoms with van der Waals surface area (Å²) in [5.74, 6) is 0.683. The Balaban J connectivity index is 1.37. The van der Waals surface area contributed by atoms with E-state index in [4.69, 9.17) is 9.72 Å². The number of ether oxygens (including phenoxy) is 1. The molecule has 0 spiro atoms. The standard InChI is InChI=1S/C26H34N6O3S/c1-17-12-31(13-18(2)35-17)23-8-6-7-21(29-23)22-16-36-25(30-22)28-20(15-33)11-27-24(34)19-9-10-32(14-19)26(3,4)5/h6-10,14-18,33H,11-13H2,1-5H3,(H,27,34)(H,28,30)/b20-15+/t17-,18+. The molecular weight excluding hydrogens is 476 g/mol. The Morgan fingerprint density at radius 1 is 1.19 bits per heavy atom. The van der Waals surface area contributed by atoms with E-state index in [1.807, 2.05) is 40.5 Å². The van der Waals surface area contributed by atoms with Crippen molar-refractivity contribution in [2.24, 2.45) is 0 Å². The van der Waals surface area contributed by atoms with Gasteiger partial charge in [-0.15, -0.1) is 11.3 Å². The molecule has 10 heteroatoms. The molecule has 1 fully saturated rings. The van der Waals surface area contributed by atoms with Crippen LogP contribution in [0.25, 0.3) is 11.4 Å². The second-order valence-corrected chi connectivity index (χ2v) is 10.9. The van der Waals surface area contributed by atoms with Crippen molar-refractivity contribution in [2.75, 3.05) is 29.9 Å². The van der Waals surface area contributed by atoms with E-state index in [1.165, 1.54) is 11.3 Å². The Morgan fingerprint density at radius 3 is 2.61 bits per heavy atom. The fraction of sp³-hybridized carbons (Fsp3) is 0.423. The van der Waals surface area contributed by atoms with Crippen LogP contribution < -0.4 is 15.5 Å². The van der Waals surface area contributed by atoms with Gasteiger partial charge in [0.25, 0.3) is 5.91 Å². The molecule has 3 aromatic rings. The monoisotopic (exact) mass is 510 g/mol. The maximum absolute atomic E-state index is 12.6. The van der Waals surface area contributed by atoms with E-state index in [-0.39, 0.29) is 30.2 Å². The number of nitrogens with zero attached hydrogens (tertiary/aromatic N) is 4. The maximum atomic E-state index is 12.6. The summed E-state index contributed by atoms with van der Waals surface area (Å²) < 4.78 is 7.83. The lowest BCUT2D eigenvalue weighted by molar-refractivity contribution is -0.00545. The number of thiazole rings is 1. The van der Waals surface area contributed by atoms with Crippen molar-refractivity contribution in [3.63, 3.8) is 0 Å². The number of hydrogen-bond donors (Lipinski definition) is 3. The molecule has 192 valence electrons. The minimum atomic E-state index is -0.216. The van der Waals surface area contributed by atoms with Crippen molar-refractivity contribution in [2.45, 2.75) is 52.4 Å². The molecular formula is C26H34N6O3S. The van der Waals surface area contributed by atoms with Gasteiger partial charge in [0.15, 0.2) is 5.13 Å². The average Bonchev–Trinajstić information content (AvgIpc) is 3.51. The summed E-state index contributed by atoms with van der Waals surface area (Å²) in [6.45, 7) is 12.1. The number of morpholine rings is 1. The van der Waals surface area contributed by atoms with Crippen molar-refractivity contribution in [3.8, 4) is 11.4 Å². The molecule has 1 saturated heterocycles. The largest absolute Gasteiger partial charge is 0.514 e. The lowest BCUT2D eigenvalue weighted by Crippen LogP contribution is -2.45. The van der Waals surface area contributed by atoms with Gasteiger partial charge in [-0.25, -0.2) is 9.97 Å². The second-order valence-electron chi connectivity index (χ2n) is 10.0. The van der Waals surface area contributed by atoms with Gasteiger partial charge in [0.1, 0.15) is 17.8 Å². The van der Waals surface area contributed by atoms with Gasteiger partial charge in [0.2, 0.25) is 0 Å². The fourth-order valence-electron chi connectivity index (χ4n) is 4.04. The normalized spacial score (nSPS) is 18.8. The quantitative estimate of drug-likeness (QED) is 0.399.